The highest BCUT2D eigenvalue weighted by Crippen LogP contribution is 2.59. The first-order valence-corrected chi connectivity index (χ1v) is 13.7. The van der Waals surface area contributed by atoms with E-state index < -0.39 is 0 Å². The first-order valence-electron chi connectivity index (χ1n) is 13.7. The molecule has 0 radical (unpaired) electrons. The fourth-order valence-corrected chi connectivity index (χ4v) is 6.53. The van der Waals surface area contributed by atoms with Gasteiger partial charge in [0, 0.05) is 11.8 Å². The molecular formula is C38H32. The van der Waals surface area contributed by atoms with E-state index in [1.165, 1.54) is 61.2 Å². The first-order chi connectivity index (χ1) is 18.5. The van der Waals surface area contributed by atoms with E-state index in [2.05, 4.69) is 148 Å². The number of allylic oxidation sites excluding steroid dienone is 8. The molecule has 0 spiro atoms. The number of hydrogen-bond acceptors (Lipinski definition) is 0. The first kappa shape index (κ1) is 23.0. The zero-order valence-corrected chi connectivity index (χ0v) is 22.3. The summed E-state index contributed by atoms with van der Waals surface area (Å²) in [5.41, 5.74) is 15.0. The second kappa shape index (κ2) is 8.71. The van der Waals surface area contributed by atoms with Crippen molar-refractivity contribution in [2.75, 3.05) is 0 Å². The lowest BCUT2D eigenvalue weighted by molar-refractivity contribution is 0.590. The van der Waals surface area contributed by atoms with Gasteiger partial charge in [0.15, 0.2) is 0 Å². The zero-order chi connectivity index (χ0) is 25.9. The van der Waals surface area contributed by atoms with Gasteiger partial charge in [-0.25, -0.2) is 0 Å². The quantitative estimate of drug-likeness (QED) is 0.269. The predicted molar refractivity (Wildman–Crippen MR) is 163 cm³/mol. The van der Waals surface area contributed by atoms with Crippen LogP contribution in [-0.4, -0.2) is 0 Å². The molecule has 184 valence electrons. The van der Waals surface area contributed by atoms with Crippen molar-refractivity contribution in [1.82, 2.24) is 0 Å². The van der Waals surface area contributed by atoms with Crippen LogP contribution < -0.4 is 0 Å². The SMILES string of the molecule is CC(C)(C)c1ccc(-c2cc(-c3ccccc3)c3c(c2-c2ccccc2)C2=CC=CC4C=CC=C3C24)cc1. The van der Waals surface area contributed by atoms with Gasteiger partial charge in [0.05, 0.1) is 0 Å². The molecule has 0 aliphatic heterocycles. The van der Waals surface area contributed by atoms with Crippen LogP contribution in [0.4, 0.5) is 0 Å². The lowest BCUT2D eigenvalue weighted by atomic mass is 9.77. The van der Waals surface area contributed by atoms with E-state index >= 15 is 0 Å². The van der Waals surface area contributed by atoms with Crippen LogP contribution in [0.2, 0.25) is 0 Å². The molecule has 0 fully saturated rings. The molecule has 38 heavy (non-hydrogen) atoms. The summed E-state index contributed by atoms with van der Waals surface area (Å²) in [4.78, 5) is 0. The van der Waals surface area contributed by atoms with Crippen molar-refractivity contribution in [2.24, 2.45) is 11.8 Å². The molecule has 0 bridgehead atoms. The second-order valence-corrected chi connectivity index (χ2v) is 11.7. The third-order valence-corrected chi connectivity index (χ3v) is 8.39. The highest BCUT2D eigenvalue weighted by atomic mass is 14.4. The van der Waals surface area contributed by atoms with Crippen molar-refractivity contribution < 1.29 is 0 Å². The maximum Gasteiger partial charge on any atom is 0.0200 e. The fraction of sp³-hybridized carbons (Fsp3) is 0.158. The molecule has 0 saturated heterocycles. The number of hydrogen-bond donors (Lipinski definition) is 0. The molecule has 4 aromatic carbocycles. The standard InChI is InChI=1S/C38H32/c1-38(2,3)29-22-20-26(21-23-29)32-24-33(25-12-6-4-7-13-25)36-30-18-10-16-27-17-11-19-31(34(27)30)37(36)35(32)28-14-8-5-9-15-28/h4-24,27,34H,1-3H3. The Bertz CT molecular complexity index is 1650. The van der Waals surface area contributed by atoms with Gasteiger partial charge in [0.25, 0.3) is 0 Å². The van der Waals surface area contributed by atoms with Crippen molar-refractivity contribution in [3.63, 3.8) is 0 Å². The van der Waals surface area contributed by atoms with E-state index in [1.54, 1.807) is 0 Å². The maximum absolute atomic E-state index is 2.46. The Morgan fingerprint density at radius 2 is 1.05 bits per heavy atom. The van der Waals surface area contributed by atoms with Crippen LogP contribution in [0.15, 0.2) is 127 Å². The third-order valence-electron chi connectivity index (χ3n) is 8.39. The van der Waals surface area contributed by atoms with Gasteiger partial charge >= 0.3 is 0 Å². The Morgan fingerprint density at radius 3 is 1.66 bits per heavy atom. The molecule has 2 atom stereocenters. The lowest BCUT2D eigenvalue weighted by Gasteiger charge is -2.26. The van der Waals surface area contributed by atoms with E-state index in [1.807, 2.05) is 0 Å². The van der Waals surface area contributed by atoms with Gasteiger partial charge in [-0.1, -0.05) is 142 Å². The summed E-state index contributed by atoms with van der Waals surface area (Å²) in [5, 5.41) is 0. The van der Waals surface area contributed by atoms with Crippen molar-refractivity contribution in [2.45, 2.75) is 26.2 Å². The Labute approximate surface area is 226 Å². The molecule has 0 N–H and O–H groups in total. The summed E-state index contributed by atoms with van der Waals surface area (Å²) >= 11 is 0. The minimum Gasteiger partial charge on any atom is -0.0767 e. The molecule has 0 heteroatoms. The van der Waals surface area contributed by atoms with Crippen molar-refractivity contribution in [3.05, 3.63) is 144 Å². The van der Waals surface area contributed by atoms with E-state index in [0.717, 1.165) is 0 Å². The van der Waals surface area contributed by atoms with Gasteiger partial charge in [0.1, 0.15) is 0 Å². The summed E-state index contributed by atoms with van der Waals surface area (Å²) in [6, 6.07) is 33.7. The number of rotatable bonds is 3. The molecule has 0 aromatic heterocycles. The molecule has 0 amide bonds. The second-order valence-electron chi connectivity index (χ2n) is 11.7. The molecule has 3 aliphatic rings. The fourth-order valence-electron chi connectivity index (χ4n) is 6.53. The monoisotopic (exact) mass is 488 g/mol. The van der Waals surface area contributed by atoms with Crippen LogP contribution in [-0.2, 0) is 5.41 Å². The maximum atomic E-state index is 2.46. The average molecular weight is 489 g/mol. The molecule has 0 saturated carbocycles. The van der Waals surface area contributed by atoms with E-state index in [4.69, 9.17) is 0 Å². The number of fused-ring (bicyclic) bond motifs is 3. The van der Waals surface area contributed by atoms with Gasteiger partial charge in [-0.3, -0.25) is 0 Å². The summed E-state index contributed by atoms with van der Waals surface area (Å²) in [7, 11) is 0. The van der Waals surface area contributed by atoms with Gasteiger partial charge in [-0.15, -0.1) is 0 Å². The van der Waals surface area contributed by atoms with E-state index in [0.29, 0.717) is 11.8 Å². The van der Waals surface area contributed by atoms with Crippen molar-refractivity contribution in [3.8, 4) is 33.4 Å². The van der Waals surface area contributed by atoms with E-state index in [9.17, 15) is 0 Å². The van der Waals surface area contributed by atoms with Crippen molar-refractivity contribution in [1.29, 1.82) is 0 Å². The van der Waals surface area contributed by atoms with Crippen LogP contribution in [0, 0.1) is 11.8 Å². The zero-order valence-electron chi connectivity index (χ0n) is 22.3. The highest BCUT2D eigenvalue weighted by molar-refractivity contribution is 6.10. The Morgan fingerprint density at radius 1 is 0.526 bits per heavy atom. The van der Waals surface area contributed by atoms with Crippen molar-refractivity contribution >= 4 is 11.1 Å². The molecule has 2 unspecified atom stereocenters. The molecule has 7 rings (SSSR count). The molecule has 0 heterocycles. The summed E-state index contributed by atoms with van der Waals surface area (Å²) in [6.07, 6.45) is 14.0. The van der Waals surface area contributed by atoms with Crippen LogP contribution in [0.3, 0.4) is 0 Å². The van der Waals surface area contributed by atoms with Gasteiger partial charge in [-0.05, 0) is 72.7 Å². The van der Waals surface area contributed by atoms with Crippen LogP contribution in [0.5, 0.6) is 0 Å². The Kier molecular flexibility index (Phi) is 5.27. The minimum absolute atomic E-state index is 0.122. The summed E-state index contributed by atoms with van der Waals surface area (Å²) in [5.74, 6) is 0.785. The molecule has 4 aromatic rings. The van der Waals surface area contributed by atoms with Gasteiger partial charge < -0.3 is 0 Å². The molecular weight excluding hydrogens is 456 g/mol. The molecule has 0 nitrogen and oxygen atoms in total. The summed E-state index contributed by atoms with van der Waals surface area (Å²) in [6.45, 7) is 6.84. The average Bonchev–Trinajstić information content (AvgIpc) is 3.29. The lowest BCUT2D eigenvalue weighted by Crippen LogP contribution is -2.14. The Hall–Kier alpha value is -4.16. The minimum atomic E-state index is 0.122. The van der Waals surface area contributed by atoms with Gasteiger partial charge in [-0.2, -0.15) is 0 Å². The van der Waals surface area contributed by atoms with Crippen LogP contribution >= 0.6 is 0 Å². The largest absolute Gasteiger partial charge is 0.0767 e. The van der Waals surface area contributed by atoms with Gasteiger partial charge in [0.2, 0.25) is 0 Å². The summed E-state index contributed by atoms with van der Waals surface area (Å²) < 4.78 is 0. The normalized spacial score (nSPS) is 19.0. The third kappa shape index (κ3) is 3.59. The highest BCUT2D eigenvalue weighted by Gasteiger charge is 2.41. The smallest absolute Gasteiger partial charge is 0.0200 e. The predicted octanol–water partition coefficient (Wildman–Crippen LogP) is 10.1. The van der Waals surface area contributed by atoms with Crippen LogP contribution in [0.1, 0.15) is 37.5 Å². The number of benzene rings is 4. The van der Waals surface area contributed by atoms with Crippen LogP contribution in [0.25, 0.3) is 44.5 Å². The van der Waals surface area contributed by atoms with E-state index in [-0.39, 0.29) is 5.41 Å². The topological polar surface area (TPSA) is 0 Å². The Balaban J connectivity index is 1.60. The molecule has 3 aliphatic carbocycles.